The van der Waals surface area contributed by atoms with E-state index in [1.165, 1.54) is 23.5 Å². The molecule has 1 aromatic heterocycles. The number of carbonyl (C=O) groups excluding carboxylic acids is 2. The first kappa shape index (κ1) is 23.8. The van der Waals surface area contributed by atoms with Crippen LogP contribution in [0.15, 0.2) is 17.3 Å². The monoisotopic (exact) mass is 519 g/mol. The number of fused-ring (bicyclic) bond motifs is 1. The first-order valence-electron chi connectivity index (χ1n) is 10.1. The smallest absolute Gasteiger partial charge is 0.262 e. The van der Waals surface area contributed by atoms with Gasteiger partial charge in [-0.05, 0) is 48.1 Å². The molecule has 2 N–H and O–H groups in total. The summed E-state index contributed by atoms with van der Waals surface area (Å²) in [5.41, 5.74) is 3.17. The molecule has 4 rings (SSSR count). The SMILES string of the molecule is O=C(CNC(=O)c1sc(C2=NO[C@H](c3cc(Cl)c(F)c(Cl)c3)C2)c2c1CCC2)NCC(F)F. The molecule has 1 aliphatic carbocycles. The van der Waals surface area contributed by atoms with Crippen molar-refractivity contribution in [2.75, 3.05) is 13.1 Å². The lowest BCUT2D eigenvalue weighted by Crippen LogP contribution is -2.38. The minimum absolute atomic E-state index is 0.108. The van der Waals surface area contributed by atoms with Crippen LogP contribution >= 0.6 is 34.5 Å². The highest BCUT2D eigenvalue weighted by molar-refractivity contribution is 7.16. The summed E-state index contributed by atoms with van der Waals surface area (Å²) in [7, 11) is 0. The van der Waals surface area contributed by atoms with Gasteiger partial charge in [-0.25, -0.2) is 13.2 Å². The van der Waals surface area contributed by atoms with Crippen molar-refractivity contribution in [2.45, 2.75) is 38.2 Å². The topological polar surface area (TPSA) is 79.8 Å². The standard InChI is InChI=1S/C21H18Cl2F3N3O3S/c22-12-4-9(5-13(23)18(12)26)15-6-14(29-32-15)19-10-2-1-3-11(10)20(33-19)21(31)28-8-17(30)27-7-16(24)25/h4-5,15-16H,1-3,6-8H2,(H,27,30)(H,28,31)/t15-/m0/s1. The molecule has 2 heterocycles. The van der Waals surface area contributed by atoms with Gasteiger partial charge in [-0.2, -0.15) is 0 Å². The van der Waals surface area contributed by atoms with Crippen LogP contribution in [0.1, 0.15) is 50.2 Å². The number of hydrogen-bond acceptors (Lipinski definition) is 5. The molecule has 0 unspecified atom stereocenters. The van der Waals surface area contributed by atoms with Crippen LogP contribution in [-0.4, -0.2) is 37.0 Å². The van der Waals surface area contributed by atoms with Crippen LogP contribution in [0.2, 0.25) is 10.0 Å². The van der Waals surface area contributed by atoms with E-state index in [1.807, 2.05) is 5.32 Å². The van der Waals surface area contributed by atoms with Crippen LogP contribution in [-0.2, 0) is 22.5 Å². The lowest BCUT2D eigenvalue weighted by Gasteiger charge is -2.10. The first-order chi connectivity index (χ1) is 15.7. The van der Waals surface area contributed by atoms with Gasteiger partial charge in [0, 0.05) is 6.42 Å². The maximum Gasteiger partial charge on any atom is 0.262 e. The number of halogens is 5. The molecule has 12 heteroatoms. The number of nitrogens with zero attached hydrogens (tertiary/aromatic N) is 1. The summed E-state index contributed by atoms with van der Waals surface area (Å²) in [6.07, 6.45) is -0.393. The molecular formula is C21H18Cl2F3N3O3S. The number of amides is 2. The lowest BCUT2D eigenvalue weighted by atomic mass is 10.0. The zero-order valence-corrected chi connectivity index (χ0v) is 19.4. The third-order valence-corrected chi connectivity index (χ3v) is 7.22. The molecule has 1 atom stereocenters. The fraction of sp³-hybridized carbons (Fsp3) is 0.381. The predicted molar refractivity (Wildman–Crippen MR) is 119 cm³/mol. The van der Waals surface area contributed by atoms with E-state index < -0.39 is 43.3 Å². The molecule has 6 nitrogen and oxygen atoms in total. The highest BCUT2D eigenvalue weighted by Gasteiger charge is 2.33. The maximum absolute atomic E-state index is 13.7. The Morgan fingerprint density at radius 1 is 1.18 bits per heavy atom. The highest BCUT2D eigenvalue weighted by Crippen LogP contribution is 2.40. The summed E-state index contributed by atoms with van der Waals surface area (Å²) in [4.78, 5) is 31.2. The number of alkyl halides is 2. The van der Waals surface area contributed by atoms with E-state index in [0.29, 0.717) is 29.0 Å². The number of hydrogen-bond donors (Lipinski definition) is 2. The van der Waals surface area contributed by atoms with E-state index in [9.17, 15) is 22.8 Å². The molecule has 2 aromatic rings. The highest BCUT2D eigenvalue weighted by atomic mass is 35.5. The summed E-state index contributed by atoms with van der Waals surface area (Å²) >= 11 is 13.0. The van der Waals surface area contributed by atoms with Crippen LogP contribution in [0, 0.1) is 5.82 Å². The second-order valence-corrected chi connectivity index (χ2v) is 9.42. The van der Waals surface area contributed by atoms with Gasteiger partial charge < -0.3 is 15.5 Å². The first-order valence-corrected chi connectivity index (χ1v) is 11.7. The average Bonchev–Trinajstić information content (AvgIpc) is 3.50. The third-order valence-electron chi connectivity index (χ3n) is 5.35. The van der Waals surface area contributed by atoms with E-state index in [2.05, 4.69) is 10.5 Å². The van der Waals surface area contributed by atoms with Crippen molar-refractivity contribution in [3.05, 3.63) is 54.4 Å². The zero-order chi connectivity index (χ0) is 23.7. The average molecular weight is 520 g/mol. The normalized spacial score (nSPS) is 17.0. The summed E-state index contributed by atoms with van der Waals surface area (Å²) < 4.78 is 38.1. The van der Waals surface area contributed by atoms with Crippen molar-refractivity contribution in [2.24, 2.45) is 5.16 Å². The fourth-order valence-corrected chi connectivity index (χ4v) is 5.64. The molecule has 2 amide bonds. The maximum atomic E-state index is 13.7. The van der Waals surface area contributed by atoms with E-state index in [4.69, 9.17) is 28.0 Å². The Kier molecular flexibility index (Phi) is 7.16. The number of carbonyl (C=O) groups is 2. The van der Waals surface area contributed by atoms with Crippen molar-refractivity contribution in [3.63, 3.8) is 0 Å². The molecule has 1 aromatic carbocycles. The quantitative estimate of drug-likeness (QED) is 0.522. The minimum Gasteiger partial charge on any atom is -0.387 e. The van der Waals surface area contributed by atoms with Gasteiger partial charge in [0.25, 0.3) is 12.3 Å². The number of oxime groups is 1. The molecule has 1 aliphatic heterocycles. The molecule has 33 heavy (non-hydrogen) atoms. The van der Waals surface area contributed by atoms with E-state index in [1.54, 1.807) is 0 Å². The van der Waals surface area contributed by atoms with Gasteiger partial charge in [0.2, 0.25) is 5.91 Å². The molecule has 0 spiro atoms. The Morgan fingerprint density at radius 3 is 2.58 bits per heavy atom. The van der Waals surface area contributed by atoms with Crippen molar-refractivity contribution < 1.29 is 27.6 Å². The van der Waals surface area contributed by atoms with Crippen LogP contribution in [0.3, 0.4) is 0 Å². The van der Waals surface area contributed by atoms with Crippen molar-refractivity contribution in [1.82, 2.24) is 10.6 Å². The number of nitrogens with one attached hydrogen (secondary N) is 2. The van der Waals surface area contributed by atoms with Gasteiger partial charge in [0.15, 0.2) is 11.9 Å². The van der Waals surface area contributed by atoms with E-state index in [0.717, 1.165) is 28.8 Å². The number of thiophene rings is 1. The molecule has 0 fully saturated rings. The molecule has 0 radical (unpaired) electrons. The van der Waals surface area contributed by atoms with Gasteiger partial charge >= 0.3 is 0 Å². The Labute approximate surface area is 201 Å². The van der Waals surface area contributed by atoms with E-state index in [-0.39, 0.29) is 10.0 Å². The molecule has 0 saturated carbocycles. The van der Waals surface area contributed by atoms with Gasteiger partial charge in [-0.3, -0.25) is 9.59 Å². The fourth-order valence-electron chi connectivity index (χ4n) is 3.83. The molecule has 176 valence electrons. The van der Waals surface area contributed by atoms with Crippen LogP contribution < -0.4 is 10.6 Å². The second-order valence-electron chi connectivity index (χ2n) is 7.58. The molecule has 0 bridgehead atoms. The molecule has 2 aliphatic rings. The third kappa shape index (κ3) is 5.12. The summed E-state index contributed by atoms with van der Waals surface area (Å²) in [5.74, 6) is -1.83. The van der Waals surface area contributed by atoms with Crippen LogP contribution in [0.5, 0.6) is 0 Å². The summed E-state index contributed by atoms with van der Waals surface area (Å²) in [6, 6.07) is 2.89. The van der Waals surface area contributed by atoms with E-state index >= 15 is 0 Å². The van der Waals surface area contributed by atoms with Crippen LogP contribution in [0.4, 0.5) is 13.2 Å². The van der Waals surface area contributed by atoms with Gasteiger partial charge in [-0.1, -0.05) is 28.4 Å². The van der Waals surface area contributed by atoms with Gasteiger partial charge in [0.05, 0.1) is 32.9 Å². The second kappa shape index (κ2) is 9.90. The van der Waals surface area contributed by atoms with Crippen molar-refractivity contribution in [3.8, 4) is 0 Å². The van der Waals surface area contributed by atoms with Crippen LogP contribution in [0.25, 0.3) is 0 Å². The Balaban J connectivity index is 1.47. The molecular weight excluding hydrogens is 502 g/mol. The minimum atomic E-state index is -2.66. The van der Waals surface area contributed by atoms with Gasteiger partial charge in [0.1, 0.15) is 5.71 Å². The largest absolute Gasteiger partial charge is 0.387 e. The lowest BCUT2D eigenvalue weighted by molar-refractivity contribution is -0.120. The summed E-state index contributed by atoms with van der Waals surface area (Å²) in [6.45, 7) is -1.16. The Hall–Kier alpha value is -2.30. The summed E-state index contributed by atoms with van der Waals surface area (Å²) in [5, 5.41) is 8.51. The number of rotatable bonds is 7. The zero-order valence-electron chi connectivity index (χ0n) is 17.0. The predicted octanol–water partition coefficient (Wildman–Crippen LogP) is 4.66. The van der Waals surface area contributed by atoms with Crippen molar-refractivity contribution >= 4 is 52.1 Å². The van der Waals surface area contributed by atoms with Crippen molar-refractivity contribution in [1.29, 1.82) is 0 Å². The van der Waals surface area contributed by atoms with Gasteiger partial charge in [-0.15, -0.1) is 11.3 Å². The number of benzene rings is 1. The molecule has 0 saturated heterocycles. The Bertz CT molecular complexity index is 1120. The Morgan fingerprint density at radius 2 is 1.88 bits per heavy atom.